The maximum atomic E-state index is 13.9. The van der Waals surface area contributed by atoms with Crippen molar-refractivity contribution in [3.05, 3.63) is 82.1 Å². The van der Waals surface area contributed by atoms with Crippen molar-refractivity contribution in [1.82, 2.24) is 29.6 Å². The van der Waals surface area contributed by atoms with Crippen molar-refractivity contribution in [1.29, 1.82) is 0 Å². The molecule has 4 aromatic heterocycles. The Morgan fingerprint density at radius 3 is 2.85 bits per heavy atom. The molecule has 0 spiro atoms. The van der Waals surface area contributed by atoms with Crippen LogP contribution in [0.2, 0.25) is 0 Å². The lowest BCUT2D eigenvalue weighted by Gasteiger charge is -2.31. The monoisotopic (exact) mass is 446 g/mol. The first-order valence-electron chi connectivity index (χ1n) is 10.7. The molecule has 9 heteroatoms. The lowest BCUT2D eigenvalue weighted by atomic mass is 9.91. The molecule has 33 heavy (non-hydrogen) atoms. The largest absolute Gasteiger partial charge is 0.354 e. The van der Waals surface area contributed by atoms with E-state index >= 15 is 0 Å². The van der Waals surface area contributed by atoms with E-state index in [1.54, 1.807) is 25.5 Å². The molecule has 2 N–H and O–H groups in total. The van der Waals surface area contributed by atoms with Gasteiger partial charge in [0.05, 0.1) is 22.9 Å². The van der Waals surface area contributed by atoms with E-state index in [4.69, 9.17) is 0 Å². The summed E-state index contributed by atoms with van der Waals surface area (Å²) < 4.78 is 15.4. The molecule has 0 fully saturated rings. The first-order valence-corrected chi connectivity index (χ1v) is 10.7. The van der Waals surface area contributed by atoms with Crippen LogP contribution in [-0.4, -0.2) is 50.3 Å². The lowest BCUT2D eigenvalue weighted by molar-refractivity contribution is 0.0958. The second kappa shape index (κ2) is 8.25. The number of rotatable bonds is 4. The molecular formula is C24H23FN6O2. The quantitative estimate of drug-likeness (QED) is 0.503. The normalized spacial score (nSPS) is 16.8. The van der Waals surface area contributed by atoms with Gasteiger partial charge in [-0.2, -0.15) is 0 Å². The minimum absolute atomic E-state index is 0.00239. The first-order chi connectivity index (χ1) is 15.9. The highest BCUT2D eigenvalue weighted by Crippen LogP contribution is 2.28. The van der Waals surface area contributed by atoms with Crippen molar-refractivity contribution in [2.24, 2.45) is 5.92 Å². The molecular weight excluding hydrogens is 423 g/mol. The van der Waals surface area contributed by atoms with E-state index in [2.05, 4.69) is 38.2 Å². The first kappa shape index (κ1) is 21.0. The highest BCUT2D eigenvalue weighted by Gasteiger charge is 2.21. The van der Waals surface area contributed by atoms with Crippen LogP contribution >= 0.6 is 0 Å². The SMILES string of the molecule is CNC(=O)c1ccc(C2=CCN(Cc3cc4[nH]c(=O)c5c(F)ccn5c4cn3)CC2C)cn1. The predicted molar refractivity (Wildman–Crippen MR) is 123 cm³/mol. The topological polar surface area (TPSA) is 95.4 Å². The van der Waals surface area contributed by atoms with Gasteiger partial charge in [0.25, 0.3) is 11.5 Å². The van der Waals surface area contributed by atoms with Crippen molar-refractivity contribution in [2.45, 2.75) is 13.5 Å². The van der Waals surface area contributed by atoms with Gasteiger partial charge < -0.3 is 14.7 Å². The van der Waals surface area contributed by atoms with Gasteiger partial charge in [-0.3, -0.25) is 24.5 Å². The molecule has 1 aliphatic rings. The zero-order valence-corrected chi connectivity index (χ0v) is 18.3. The van der Waals surface area contributed by atoms with E-state index < -0.39 is 11.4 Å². The average Bonchev–Trinajstić information content (AvgIpc) is 3.21. The van der Waals surface area contributed by atoms with Gasteiger partial charge in [0.15, 0.2) is 5.82 Å². The molecule has 1 unspecified atom stereocenters. The van der Waals surface area contributed by atoms with Gasteiger partial charge in [-0.15, -0.1) is 0 Å². The number of nitrogens with one attached hydrogen (secondary N) is 2. The molecule has 0 radical (unpaired) electrons. The number of amides is 1. The van der Waals surface area contributed by atoms with Crippen molar-refractivity contribution >= 4 is 28.0 Å². The zero-order chi connectivity index (χ0) is 23.1. The van der Waals surface area contributed by atoms with Gasteiger partial charge in [-0.05, 0) is 35.3 Å². The summed E-state index contributed by atoms with van der Waals surface area (Å²) in [5, 5.41) is 2.58. The zero-order valence-electron chi connectivity index (χ0n) is 18.3. The molecule has 0 aromatic carbocycles. The number of carbonyl (C=O) groups excluding carboxylic acids is 1. The summed E-state index contributed by atoms with van der Waals surface area (Å²) in [7, 11) is 1.58. The van der Waals surface area contributed by atoms with Crippen LogP contribution in [0.3, 0.4) is 0 Å². The van der Waals surface area contributed by atoms with Gasteiger partial charge in [0.2, 0.25) is 0 Å². The number of H-pyrrole nitrogens is 1. The number of aromatic amines is 1. The Balaban J connectivity index is 1.35. The average molecular weight is 446 g/mol. The van der Waals surface area contributed by atoms with Crippen LogP contribution in [0.1, 0.15) is 28.7 Å². The van der Waals surface area contributed by atoms with E-state index in [0.717, 1.165) is 24.3 Å². The van der Waals surface area contributed by atoms with Crippen LogP contribution in [0.15, 0.2) is 53.7 Å². The van der Waals surface area contributed by atoms with Gasteiger partial charge in [-0.25, -0.2) is 4.39 Å². The van der Waals surface area contributed by atoms with Crippen LogP contribution in [-0.2, 0) is 6.54 Å². The Morgan fingerprint density at radius 2 is 2.12 bits per heavy atom. The molecule has 168 valence electrons. The Bertz CT molecular complexity index is 1450. The lowest BCUT2D eigenvalue weighted by Crippen LogP contribution is -2.33. The van der Waals surface area contributed by atoms with E-state index in [-0.39, 0.29) is 17.3 Å². The number of aromatic nitrogens is 4. The molecule has 1 aliphatic heterocycles. The maximum absolute atomic E-state index is 13.9. The number of hydrogen-bond acceptors (Lipinski definition) is 5. The van der Waals surface area contributed by atoms with E-state index in [1.807, 2.05) is 12.1 Å². The summed E-state index contributed by atoms with van der Waals surface area (Å²) in [4.78, 5) is 37.9. The Hall–Kier alpha value is -3.85. The number of nitrogens with zero attached hydrogens (tertiary/aromatic N) is 4. The van der Waals surface area contributed by atoms with Crippen LogP contribution in [0.4, 0.5) is 4.39 Å². The van der Waals surface area contributed by atoms with Crippen LogP contribution in [0.25, 0.3) is 22.1 Å². The van der Waals surface area contributed by atoms with E-state index in [9.17, 15) is 14.0 Å². The van der Waals surface area contributed by atoms with E-state index in [0.29, 0.717) is 23.3 Å². The summed E-state index contributed by atoms with van der Waals surface area (Å²) in [6.45, 7) is 4.36. The van der Waals surface area contributed by atoms with Gasteiger partial charge in [0, 0.05) is 39.1 Å². The fourth-order valence-corrected chi connectivity index (χ4v) is 4.46. The summed E-state index contributed by atoms with van der Waals surface area (Å²) >= 11 is 0. The van der Waals surface area contributed by atoms with Crippen molar-refractivity contribution in [2.75, 3.05) is 20.1 Å². The molecule has 5 rings (SSSR count). The number of pyridine rings is 2. The Kier molecular flexibility index (Phi) is 5.26. The highest BCUT2D eigenvalue weighted by molar-refractivity contribution is 5.92. The van der Waals surface area contributed by atoms with Crippen molar-refractivity contribution < 1.29 is 9.18 Å². The van der Waals surface area contributed by atoms with Crippen LogP contribution < -0.4 is 10.9 Å². The maximum Gasteiger partial charge on any atom is 0.275 e. The second-order valence-corrected chi connectivity index (χ2v) is 8.30. The third-order valence-corrected chi connectivity index (χ3v) is 6.07. The molecule has 1 atom stereocenters. The summed E-state index contributed by atoms with van der Waals surface area (Å²) in [6, 6.07) is 6.79. The number of carbonyl (C=O) groups is 1. The number of hydrogen-bond donors (Lipinski definition) is 2. The molecule has 0 saturated heterocycles. The fourth-order valence-electron chi connectivity index (χ4n) is 4.46. The predicted octanol–water partition coefficient (Wildman–Crippen LogP) is 2.60. The number of halogens is 1. The molecule has 0 aliphatic carbocycles. The molecule has 0 saturated carbocycles. The second-order valence-electron chi connectivity index (χ2n) is 8.30. The molecule has 8 nitrogen and oxygen atoms in total. The van der Waals surface area contributed by atoms with Gasteiger partial charge in [0.1, 0.15) is 11.2 Å². The summed E-state index contributed by atoms with van der Waals surface area (Å²) in [5.41, 5.74) is 4.25. The summed E-state index contributed by atoms with van der Waals surface area (Å²) in [5.74, 6) is -0.481. The van der Waals surface area contributed by atoms with Gasteiger partial charge in [-0.1, -0.05) is 19.1 Å². The van der Waals surface area contributed by atoms with Crippen LogP contribution in [0.5, 0.6) is 0 Å². The molecule has 4 aromatic rings. The minimum atomic E-state index is -0.550. The molecule has 1 amide bonds. The van der Waals surface area contributed by atoms with Crippen molar-refractivity contribution in [3.63, 3.8) is 0 Å². The smallest absolute Gasteiger partial charge is 0.275 e. The third kappa shape index (κ3) is 3.80. The minimum Gasteiger partial charge on any atom is -0.354 e. The fraction of sp³-hybridized carbons (Fsp3) is 0.250. The third-order valence-electron chi connectivity index (χ3n) is 6.07. The Labute approximate surface area is 188 Å². The van der Waals surface area contributed by atoms with Gasteiger partial charge >= 0.3 is 0 Å². The molecule has 0 bridgehead atoms. The van der Waals surface area contributed by atoms with Crippen molar-refractivity contribution in [3.8, 4) is 0 Å². The highest BCUT2D eigenvalue weighted by atomic mass is 19.1. The molecule has 5 heterocycles. The number of fused-ring (bicyclic) bond motifs is 3. The van der Waals surface area contributed by atoms with Crippen LogP contribution in [0, 0.1) is 11.7 Å². The standard InChI is InChI=1S/C24H23FN6O2/c1-14-12-30(7-5-17(14)15-3-4-19(28-10-15)23(32)26-2)13-16-9-20-21(11-27-16)31-8-6-18(25)22(31)24(33)29-20/h3-6,8-11,14H,7,12-13H2,1-2H3,(H,26,32)(H,29,33). The van der Waals surface area contributed by atoms with E-state index in [1.165, 1.54) is 22.2 Å². The Morgan fingerprint density at radius 1 is 1.27 bits per heavy atom. The summed E-state index contributed by atoms with van der Waals surface area (Å²) in [6.07, 6.45) is 7.13.